The highest BCUT2D eigenvalue weighted by Gasteiger charge is 2.22. The SMILES string of the molecule is c1n[nH]c(-c2noc(C3CCOCC3)n2)n1. The first kappa shape index (κ1) is 9.46. The van der Waals surface area contributed by atoms with E-state index in [9.17, 15) is 0 Å². The first-order valence-electron chi connectivity index (χ1n) is 5.20. The molecule has 0 unspecified atom stereocenters. The number of aromatic nitrogens is 5. The maximum absolute atomic E-state index is 5.28. The number of rotatable bonds is 2. The van der Waals surface area contributed by atoms with E-state index < -0.39 is 0 Å². The third-order valence-corrected chi connectivity index (χ3v) is 2.64. The number of H-pyrrole nitrogens is 1. The van der Waals surface area contributed by atoms with Crippen LogP contribution in [0.1, 0.15) is 24.7 Å². The fourth-order valence-electron chi connectivity index (χ4n) is 1.75. The van der Waals surface area contributed by atoms with Crippen LogP contribution in [0.4, 0.5) is 0 Å². The highest BCUT2D eigenvalue weighted by Crippen LogP contribution is 2.26. The van der Waals surface area contributed by atoms with Crippen molar-refractivity contribution in [3.05, 3.63) is 12.2 Å². The monoisotopic (exact) mass is 221 g/mol. The first-order chi connectivity index (χ1) is 7.93. The zero-order valence-corrected chi connectivity index (χ0v) is 8.59. The van der Waals surface area contributed by atoms with E-state index in [2.05, 4.69) is 25.3 Å². The molecule has 1 saturated heterocycles. The minimum atomic E-state index is 0.304. The lowest BCUT2D eigenvalue weighted by Gasteiger charge is -2.17. The van der Waals surface area contributed by atoms with Crippen molar-refractivity contribution in [3.63, 3.8) is 0 Å². The van der Waals surface area contributed by atoms with Crippen LogP contribution in [0.25, 0.3) is 11.6 Å². The average molecular weight is 221 g/mol. The molecule has 84 valence electrons. The molecule has 0 saturated carbocycles. The molecular weight excluding hydrogens is 210 g/mol. The van der Waals surface area contributed by atoms with Crippen LogP contribution in [0, 0.1) is 0 Å². The van der Waals surface area contributed by atoms with Crippen LogP contribution in [-0.4, -0.2) is 38.5 Å². The van der Waals surface area contributed by atoms with Crippen molar-refractivity contribution in [2.24, 2.45) is 0 Å². The number of nitrogens with zero attached hydrogens (tertiary/aromatic N) is 4. The summed E-state index contributed by atoms with van der Waals surface area (Å²) in [7, 11) is 0. The Bertz CT molecular complexity index is 446. The third kappa shape index (κ3) is 1.69. The molecule has 0 aliphatic carbocycles. The lowest BCUT2D eigenvalue weighted by Crippen LogP contribution is -2.14. The van der Waals surface area contributed by atoms with Crippen LogP contribution in [0.5, 0.6) is 0 Å². The maximum atomic E-state index is 5.28. The molecule has 0 aromatic carbocycles. The fraction of sp³-hybridized carbons (Fsp3) is 0.556. The summed E-state index contributed by atoms with van der Waals surface area (Å²) in [6, 6.07) is 0. The van der Waals surface area contributed by atoms with Gasteiger partial charge in [0, 0.05) is 19.1 Å². The smallest absolute Gasteiger partial charge is 0.239 e. The molecule has 0 amide bonds. The van der Waals surface area contributed by atoms with Crippen molar-refractivity contribution in [3.8, 4) is 11.6 Å². The highest BCUT2D eigenvalue weighted by molar-refractivity contribution is 5.39. The van der Waals surface area contributed by atoms with Gasteiger partial charge in [0.05, 0.1) is 0 Å². The normalized spacial score (nSPS) is 17.8. The minimum absolute atomic E-state index is 0.304. The molecule has 0 radical (unpaired) electrons. The van der Waals surface area contributed by atoms with Gasteiger partial charge in [0.1, 0.15) is 6.33 Å². The average Bonchev–Trinajstić information content (AvgIpc) is 3.01. The zero-order valence-electron chi connectivity index (χ0n) is 8.59. The van der Waals surface area contributed by atoms with Crippen molar-refractivity contribution in [1.82, 2.24) is 25.3 Å². The summed E-state index contributed by atoms with van der Waals surface area (Å²) >= 11 is 0. The number of aromatic amines is 1. The molecule has 2 aromatic heterocycles. The van der Waals surface area contributed by atoms with E-state index in [1.54, 1.807) is 0 Å². The Morgan fingerprint density at radius 3 is 2.94 bits per heavy atom. The van der Waals surface area contributed by atoms with Crippen molar-refractivity contribution in [2.75, 3.05) is 13.2 Å². The number of hydrogen-bond acceptors (Lipinski definition) is 6. The quantitative estimate of drug-likeness (QED) is 0.804. The van der Waals surface area contributed by atoms with Crippen LogP contribution < -0.4 is 0 Å². The van der Waals surface area contributed by atoms with Crippen molar-refractivity contribution in [2.45, 2.75) is 18.8 Å². The summed E-state index contributed by atoms with van der Waals surface area (Å²) in [6.07, 6.45) is 3.27. The van der Waals surface area contributed by atoms with Gasteiger partial charge in [0.15, 0.2) is 5.82 Å². The van der Waals surface area contributed by atoms with E-state index >= 15 is 0 Å². The molecular formula is C9H11N5O2. The topological polar surface area (TPSA) is 89.7 Å². The molecule has 2 aromatic rings. The summed E-state index contributed by atoms with van der Waals surface area (Å²) in [6.45, 7) is 1.51. The van der Waals surface area contributed by atoms with Gasteiger partial charge in [0.2, 0.25) is 11.7 Å². The molecule has 1 aliphatic heterocycles. The van der Waals surface area contributed by atoms with Gasteiger partial charge in [-0.1, -0.05) is 5.16 Å². The van der Waals surface area contributed by atoms with E-state index in [0.717, 1.165) is 26.1 Å². The number of hydrogen-bond donors (Lipinski definition) is 1. The minimum Gasteiger partial charge on any atom is -0.381 e. The van der Waals surface area contributed by atoms with E-state index in [-0.39, 0.29) is 0 Å². The summed E-state index contributed by atoms with van der Waals surface area (Å²) in [5.41, 5.74) is 0. The molecule has 0 spiro atoms. The predicted molar refractivity (Wildman–Crippen MR) is 52.5 cm³/mol. The van der Waals surface area contributed by atoms with Gasteiger partial charge in [-0.3, -0.25) is 5.10 Å². The second-order valence-corrected chi connectivity index (χ2v) is 3.68. The summed E-state index contributed by atoms with van der Waals surface area (Å²) < 4.78 is 10.5. The van der Waals surface area contributed by atoms with Gasteiger partial charge in [-0.2, -0.15) is 10.1 Å². The molecule has 3 heterocycles. The largest absolute Gasteiger partial charge is 0.381 e. The fourth-order valence-corrected chi connectivity index (χ4v) is 1.75. The van der Waals surface area contributed by atoms with Crippen LogP contribution in [-0.2, 0) is 4.74 Å². The highest BCUT2D eigenvalue weighted by atomic mass is 16.5. The molecule has 1 N–H and O–H groups in total. The molecule has 3 rings (SSSR count). The second-order valence-electron chi connectivity index (χ2n) is 3.68. The summed E-state index contributed by atoms with van der Waals surface area (Å²) in [4.78, 5) is 8.28. The van der Waals surface area contributed by atoms with Crippen LogP contribution in [0.15, 0.2) is 10.9 Å². The second kappa shape index (κ2) is 4.01. The van der Waals surface area contributed by atoms with E-state index in [4.69, 9.17) is 9.26 Å². The van der Waals surface area contributed by atoms with Gasteiger partial charge in [-0.15, -0.1) is 0 Å². The molecule has 1 fully saturated rings. The first-order valence-corrected chi connectivity index (χ1v) is 5.20. The van der Waals surface area contributed by atoms with Gasteiger partial charge < -0.3 is 9.26 Å². The third-order valence-electron chi connectivity index (χ3n) is 2.64. The lowest BCUT2D eigenvalue weighted by molar-refractivity contribution is 0.0778. The molecule has 16 heavy (non-hydrogen) atoms. The Morgan fingerprint density at radius 1 is 1.31 bits per heavy atom. The summed E-state index contributed by atoms with van der Waals surface area (Å²) in [5.74, 6) is 1.95. The van der Waals surface area contributed by atoms with Gasteiger partial charge in [0.25, 0.3) is 0 Å². The van der Waals surface area contributed by atoms with E-state index in [1.165, 1.54) is 6.33 Å². The number of ether oxygens (including phenoxy) is 1. The molecule has 1 aliphatic rings. The Morgan fingerprint density at radius 2 is 2.19 bits per heavy atom. The molecule has 7 heteroatoms. The summed E-state index contributed by atoms with van der Waals surface area (Å²) in [5, 5.41) is 10.3. The molecule has 7 nitrogen and oxygen atoms in total. The van der Waals surface area contributed by atoms with E-state index in [0.29, 0.717) is 23.5 Å². The van der Waals surface area contributed by atoms with Crippen LogP contribution in [0.2, 0.25) is 0 Å². The van der Waals surface area contributed by atoms with E-state index in [1.807, 2.05) is 0 Å². The van der Waals surface area contributed by atoms with Gasteiger partial charge in [-0.25, -0.2) is 4.98 Å². The van der Waals surface area contributed by atoms with Crippen molar-refractivity contribution in [1.29, 1.82) is 0 Å². The molecule has 0 atom stereocenters. The standard InChI is InChI=1S/C9H11N5O2/c1-3-15-4-2-6(1)9-12-8(14-16-9)7-10-5-11-13-7/h5-6H,1-4H2,(H,10,11,13). The van der Waals surface area contributed by atoms with Gasteiger partial charge in [-0.05, 0) is 12.8 Å². The molecule has 0 bridgehead atoms. The lowest BCUT2D eigenvalue weighted by atomic mass is 10.0. The Labute approximate surface area is 91.2 Å². The van der Waals surface area contributed by atoms with Crippen LogP contribution >= 0.6 is 0 Å². The van der Waals surface area contributed by atoms with Gasteiger partial charge >= 0.3 is 0 Å². The Balaban J connectivity index is 1.82. The van der Waals surface area contributed by atoms with Crippen molar-refractivity contribution >= 4 is 0 Å². The van der Waals surface area contributed by atoms with Crippen molar-refractivity contribution < 1.29 is 9.26 Å². The van der Waals surface area contributed by atoms with Crippen LogP contribution in [0.3, 0.4) is 0 Å². The Kier molecular flexibility index (Phi) is 2.37. The maximum Gasteiger partial charge on any atom is 0.239 e. The zero-order chi connectivity index (χ0) is 10.8. The Hall–Kier alpha value is -1.76. The number of nitrogens with one attached hydrogen (secondary N) is 1. The predicted octanol–water partition coefficient (Wildman–Crippen LogP) is 0.749.